The Morgan fingerprint density at radius 2 is 1.89 bits per heavy atom. The van der Waals surface area contributed by atoms with Crippen LogP contribution in [-0.4, -0.2) is 55.3 Å². The Morgan fingerprint density at radius 1 is 1.22 bits per heavy atom. The van der Waals surface area contributed by atoms with Gasteiger partial charge >= 0.3 is 0 Å². The van der Waals surface area contributed by atoms with Gasteiger partial charge in [0.1, 0.15) is 0 Å². The van der Waals surface area contributed by atoms with Crippen LogP contribution in [0.2, 0.25) is 0 Å². The molecule has 150 valence electrons. The number of thioether (sulfide) groups is 1. The summed E-state index contributed by atoms with van der Waals surface area (Å²) in [6, 6.07) is 7.86. The highest BCUT2D eigenvalue weighted by Gasteiger charge is 2.27. The summed E-state index contributed by atoms with van der Waals surface area (Å²) in [5, 5.41) is 3.00. The lowest BCUT2D eigenvalue weighted by Gasteiger charge is -2.31. The molecular weight excluding hydrogens is 360 g/mol. The van der Waals surface area contributed by atoms with Gasteiger partial charge in [-0.15, -0.1) is 0 Å². The third kappa shape index (κ3) is 7.18. The van der Waals surface area contributed by atoms with Crippen molar-refractivity contribution < 1.29 is 14.3 Å². The van der Waals surface area contributed by atoms with Gasteiger partial charge in [-0.05, 0) is 57.1 Å². The minimum Gasteiger partial charge on any atom is -0.379 e. The van der Waals surface area contributed by atoms with E-state index >= 15 is 0 Å². The number of likely N-dealkylation sites (tertiary alicyclic amines) is 1. The van der Waals surface area contributed by atoms with Gasteiger partial charge in [-0.25, -0.2) is 0 Å². The minimum atomic E-state index is 0.00372. The molecule has 0 radical (unpaired) electrons. The highest BCUT2D eigenvalue weighted by atomic mass is 32.2. The van der Waals surface area contributed by atoms with Crippen LogP contribution in [0.1, 0.15) is 49.0 Å². The molecule has 2 rings (SSSR count). The van der Waals surface area contributed by atoms with Crippen molar-refractivity contribution in [3.05, 3.63) is 35.4 Å². The zero-order chi connectivity index (χ0) is 19.6. The van der Waals surface area contributed by atoms with E-state index in [9.17, 15) is 9.59 Å². The first-order chi connectivity index (χ1) is 13.0. The Balaban J connectivity index is 1.72. The minimum absolute atomic E-state index is 0.00372. The first-order valence-electron chi connectivity index (χ1n) is 9.77. The molecule has 0 aliphatic carbocycles. The fourth-order valence-corrected chi connectivity index (χ4v) is 3.71. The van der Waals surface area contributed by atoms with Crippen LogP contribution >= 0.6 is 11.8 Å². The molecule has 27 heavy (non-hydrogen) atoms. The van der Waals surface area contributed by atoms with Crippen molar-refractivity contribution in [3.8, 4) is 0 Å². The SMILES string of the molecule is CSCc1ccc(C(=O)N2CCC(C(=O)NCCCOC(C)C)CC2)cc1. The van der Waals surface area contributed by atoms with Crippen LogP contribution in [0.15, 0.2) is 24.3 Å². The number of nitrogens with zero attached hydrogens (tertiary/aromatic N) is 1. The lowest BCUT2D eigenvalue weighted by molar-refractivity contribution is -0.126. The number of piperidine rings is 1. The van der Waals surface area contributed by atoms with Gasteiger partial charge in [0.05, 0.1) is 6.10 Å². The average Bonchev–Trinajstić information content (AvgIpc) is 2.68. The predicted molar refractivity (Wildman–Crippen MR) is 111 cm³/mol. The van der Waals surface area contributed by atoms with E-state index in [-0.39, 0.29) is 23.8 Å². The maximum atomic E-state index is 12.7. The Kier molecular flexibility index (Phi) is 9.15. The summed E-state index contributed by atoms with van der Waals surface area (Å²) in [5.41, 5.74) is 1.96. The number of hydrogen-bond acceptors (Lipinski definition) is 4. The lowest BCUT2D eigenvalue weighted by Crippen LogP contribution is -2.43. The molecule has 0 spiro atoms. The van der Waals surface area contributed by atoms with Crippen LogP contribution in [-0.2, 0) is 15.3 Å². The van der Waals surface area contributed by atoms with E-state index in [0.717, 1.165) is 30.6 Å². The number of rotatable bonds is 9. The molecule has 2 amide bonds. The monoisotopic (exact) mass is 392 g/mol. The molecule has 1 fully saturated rings. The summed E-state index contributed by atoms with van der Waals surface area (Å²) >= 11 is 1.77. The molecule has 0 bridgehead atoms. The smallest absolute Gasteiger partial charge is 0.253 e. The summed E-state index contributed by atoms with van der Waals surface area (Å²) in [4.78, 5) is 26.8. The van der Waals surface area contributed by atoms with Crippen molar-refractivity contribution >= 4 is 23.6 Å². The molecule has 0 unspecified atom stereocenters. The summed E-state index contributed by atoms with van der Waals surface area (Å²) in [6.45, 7) is 6.60. The van der Waals surface area contributed by atoms with Crippen LogP contribution < -0.4 is 5.32 Å². The van der Waals surface area contributed by atoms with Crippen LogP contribution in [0.5, 0.6) is 0 Å². The molecule has 5 nitrogen and oxygen atoms in total. The Hall–Kier alpha value is -1.53. The van der Waals surface area contributed by atoms with Crippen LogP contribution in [0.3, 0.4) is 0 Å². The second kappa shape index (κ2) is 11.3. The first-order valence-corrected chi connectivity index (χ1v) is 11.2. The van der Waals surface area contributed by atoms with Crippen molar-refractivity contribution in [3.63, 3.8) is 0 Å². The van der Waals surface area contributed by atoms with Gasteiger partial charge in [0.15, 0.2) is 0 Å². The maximum Gasteiger partial charge on any atom is 0.253 e. The average molecular weight is 393 g/mol. The van der Waals surface area contributed by atoms with Gasteiger partial charge in [-0.2, -0.15) is 11.8 Å². The zero-order valence-corrected chi connectivity index (χ0v) is 17.5. The fourth-order valence-electron chi connectivity index (χ4n) is 3.18. The molecule has 1 aliphatic heterocycles. The molecule has 1 aromatic rings. The van der Waals surface area contributed by atoms with Crippen LogP contribution in [0.4, 0.5) is 0 Å². The third-order valence-electron chi connectivity index (χ3n) is 4.74. The number of ether oxygens (including phenoxy) is 1. The second-order valence-electron chi connectivity index (χ2n) is 7.26. The van der Waals surface area contributed by atoms with Gasteiger partial charge in [0.2, 0.25) is 5.91 Å². The molecule has 0 aromatic heterocycles. The Labute approximate surface area is 167 Å². The van der Waals surface area contributed by atoms with Crippen LogP contribution in [0, 0.1) is 5.92 Å². The molecule has 6 heteroatoms. The summed E-state index contributed by atoms with van der Waals surface area (Å²) in [7, 11) is 0. The standard InChI is InChI=1S/C21H32N2O3S/c1-16(2)26-14-4-11-22-20(24)18-9-12-23(13-10-18)21(25)19-7-5-17(6-8-19)15-27-3/h5-8,16,18H,4,9-15H2,1-3H3,(H,22,24). The number of nitrogens with one attached hydrogen (secondary N) is 1. The predicted octanol–water partition coefficient (Wildman–Crippen LogP) is 3.33. The van der Waals surface area contributed by atoms with E-state index in [1.807, 2.05) is 43.0 Å². The second-order valence-corrected chi connectivity index (χ2v) is 8.13. The quantitative estimate of drug-likeness (QED) is 0.655. The van der Waals surface area contributed by atoms with E-state index in [4.69, 9.17) is 4.74 Å². The molecule has 0 saturated carbocycles. The molecule has 1 aliphatic rings. The van der Waals surface area contributed by atoms with Gasteiger partial charge in [0, 0.05) is 43.5 Å². The topological polar surface area (TPSA) is 58.6 Å². The zero-order valence-electron chi connectivity index (χ0n) is 16.7. The third-order valence-corrected chi connectivity index (χ3v) is 5.36. The molecule has 1 N–H and O–H groups in total. The van der Waals surface area contributed by atoms with Gasteiger partial charge in [-0.3, -0.25) is 9.59 Å². The summed E-state index contributed by atoms with van der Waals surface area (Å²) in [5.74, 6) is 1.13. The number of carbonyl (C=O) groups is 2. The molecule has 1 heterocycles. The number of carbonyl (C=O) groups excluding carboxylic acids is 2. The van der Waals surface area contributed by atoms with Gasteiger partial charge in [-0.1, -0.05) is 12.1 Å². The Morgan fingerprint density at radius 3 is 2.48 bits per heavy atom. The van der Waals surface area contributed by atoms with Crippen molar-refractivity contribution in [2.24, 2.45) is 5.92 Å². The Bertz CT molecular complexity index is 596. The molecule has 0 atom stereocenters. The van der Waals surface area contributed by atoms with E-state index in [1.165, 1.54) is 5.56 Å². The maximum absolute atomic E-state index is 12.7. The van der Waals surface area contributed by atoms with Crippen molar-refractivity contribution in [2.75, 3.05) is 32.5 Å². The highest BCUT2D eigenvalue weighted by molar-refractivity contribution is 7.97. The first kappa shape index (κ1) is 21.8. The normalized spacial score (nSPS) is 15.2. The van der Waals surface area contributed by atoms with E-state index in [1.54, 1.807) is 11.8 Å². The van der Waals surface area contributed by atoms with Gasteiger partial charge in [0.25, 0.3) is 5.91 Å². The van der Waals surface area contributed by atoms with Crippen LogP contribution in [0.25, 0.3) is 0 Å². The summed E-state index contributed by atoms with van der Waals surface area (Å²) in [6.07, 6.45) is 4.58. The fraction of sp³-hybridized carbons (Fsp3) is 0.619. The number of amides is 2. The van der Waals surface area contributed by atoms with E-state index in [0.29, 0.717) is 26.2 Å². The van der Waals surface area contributed by atoms with Crippen molar-refractivity contribution in [1.29, 1.82) is 0 Å². The van der Waals surface area contributed by atoms with Crippen molar-refractivity contribution in [2.45, 2.75) is 45.0 Å². The van der Waals surface area contributed by atoms with Gasteiger partial charge < -0.3 is 15.0 Å². The van der Waals surface area contributed by atoms with Crippen molar-refractivity contribution in [1.82, 2.24) is 10.2 Å². The largest absolute Gasteiger partial charge is 0.379 e. The molecule has 1 aromatic carbocycles. The number of hydrogen-bond donors (Lipinski definition) is 1. The van der Waals surface area contributed by atoms with E-state index in [2.05, 4.69) is 11.6 Å². The molecule has 1 saturated heterocycles. The molecular formula is C21H32N2O3S. The number of benzene rings is 1. The highest BCUT2D eigenvalue weighted by Crippen LogP contribution is 2.20. The lowest BCUT2D eigenvalue weighted by atomic mass is 9.95. The summed E-state index contributed by atoms with van der Waals surface area (Å²) < 4.78 is 5.48. The van der Waals surface area contributed by atoms with E-state index < -0.39 is 0 Å².